The quantitative estimate of drug-likeness (QED) is 0.740. The number of carboxylic acids is 1. The lowest BCUT2D eigenvalue weighted by molar-refractivity contribution is -0.107. The van der Waals surface area contributed by atoms with Crippen molar-refractivity contribution >= 4 is 12.3 Å². The Morgan fingerprint density at radius 3 is 2.79 bits per heavy atom. The van der Waals surface area contributed by atoms with Crippen molar-refractivity contribution in [1.29, 1.82) is 0 Å². The maximum atomic E-state index is 10.7. The highest BCUT2D eigenvalue weighted by Crippen LogP contribution is 2.12. The van der Waals surface area contributed by atoms with E-state index in [1.807, 2.05) is 6.92 Å². The third kappa shape index (κ3) is 2.42. The van der Waals surface area contributed by atoms with Crippen LogP contribution in [0.1, 0.15) is 27.9 Å². The summed E-state index contributed by atoms with van der Waals surface area (Å²) >= 11 is 0. The summed E-state index contributed by atoms with van der Waals surface area (Å²) in [6, 6.07) is 4.97. The Labute approximate surface area is 82.4 Å². The van der Waals surface area contributed by atoms with Gasteiger partial charge in [0.05, 0.1) is 5.56 Å². The molecule has 0 amide bonds. The molecular formula is C11H12O3. The summed E-state index contributed by atoms with van der Waals surface area (Å²) in [5, 5.41) is 8.76. The van der Waals surface area contributed by atoms with Crippen LogP contribution in [0, 0.1) is 6.92 Å². The van der Waals surface area contributed by atoms with Crippen LogP contribution in [0.25, 0.3) is 0 Å². The van der Waals surface area contributed by atoms with Crippen LogP contribution in [0.3, 0.4) is 0 Å². The first-order chi connectivity index (χ1) is 6.65. The molecule has 0 heterocycles. The van der Waals surface area contributed by atoms with Gasteiger partial charge in [0.25, 0.3) is 0 Å². The normalized spacial score (nSPS) is 9.79. The van der Waals surface area contributed by atoms with Crippen LogP contribution in [-0.2, 0) is 11.2 Å². The third-order valence-electron chi connectivity index (χ3n) is 2.13. The number of carbonyl (C=O) groups excluding carboxylic acids is 1. The molecular weight excluding hydrogens is 180 g/mol. The molecule has 14 heavy (non-hydrogen) atoms. The van der Waals surface area contributed by atoms with Gasteiger partial charge >= 0.3 is 5.97 Å². The number of aryl methyl sites for hydroxylation is 2. The molecule has 74 valence electrons. The van der Waals surface area contributed by atoms with Gasteiger partial charge in [-0.1, -0.05) is 6.07 Å². The summed E-state index contributed by atoms with van der Waals surface area (Å²) in [6.45, 7) is 1.91. The van der Waals surface area contributed by atoms with Crippen molar-refractivity contribution in [3.63, 3.8) is 0 Å². The maximum absolute atomic E-state index is 10.7. The van der Waals surface area contributed by atoms with E-state index < -0.39 is 5.97 Å². The van der Waals surface area contributed by atoms with Crippen LogP contribution < -0.4 is 0 Å². The molecule has 3 nitrogen and oxygen atoms in total. The van der Waals surface area contributed by atoms with Gasteiger partial charge in [0, 0.05) is 6.42 Å². The molecule has 0 aliphatic carbocycles. The van der Waals surface area contributed by atoms with Gasteiger partial charge in [-0.2, -0.15) is 0 Å². The van der Waals surface area contributed by atoms with E-state index in [4.69, 9.17) is 5.11 Å². The van der Waals surface area contributed by atoms with E-state index >= 15 is 0 Å². The average Bonchev–Trinajstić information content (AvgIpc) is 2.16. The molecule has 1 rings (SSSR count). The molecule has 0 fully saturated rings. The van der Waals surface area contributed by atoms with Crippen molar-refractivity contribution in [2.45, 2.75) is 19.8 Å². The Kier molecular flexibility index (Phi) is 3.40. The minimum absolute atomic E-state index is 0.275. The molecule has 0 saturated carbocycles. The SMILES string of the molecule is Cc1ccc(C(=O)O)cc1CCC=O. The largest absolute Gasteiger partial charge is 0.478 e. The third-order valence-corrected chi connectivity index (χ3v) is 2.13. The van der Waals surface area contributed by atoms with Gasteiger partial charge in [0.1, 0.15) is 6.29 Å². The minimum atomic E-state index is -0.933. The number of hydrogen-bond donors (Lipinski definition) is 1. The Balaban J connectivity index is 2.95. The molecule has 0 unspecified atom stereocenters. The average molecular weight is 192 g/mol. The highest BCUT2D eigenvalue weighted by Gasteiger charge is 2.05. The van der Waals surface area contributed by atoms with Crippen LogP contribution in [0.4, 0.5) is 0 Å². The molecule has 3 heteroatoms. The zero-order valence-electron chi connectivity index (χ0n) is 7.99. The van der Waals surface area contributed by atoms with Crippen LogP contribution in [0.15, 0.2) is 18.2 Å². The second-order valence-electron chi connectivity index (χ2n) is 3.15. The van der Waals surface area contributed by atoms with E-state index in [1.54, 1.807) is 18.2 Å². The van der Waals surface area contributed by atoms with Crippen molar-refractivity contribution in [3.05, 3.63) is 34.9 Å². The van der Waals surface area contributed by atoms with Crippen molar-refractivity contribution in [1.82, 2.24) is 0 Å². The fourth-order valence-corrected chi connectivity index (χ4v) is 1.29. The predicted molar refractivity (Wildman–Crippen MR) is 52.5 cm³/mol. The summed E-state index contributed by atoms with van der Waals surface area (Å²) in [6.07, 6.45) is 1.88. The summed E-state index contributed by atoms with van der Waals surface area (Å²) in [5.74, 6) is -0.933. The lowest BCUT2D eigenvalue weighted by atomic mass is 10.0. The van der Waals surface area contributed by atoms with Crippen molar-refractivity contribution < 1.29 is 14.7 Å². The van der Waals surface area contributed by atoms with E-state index in [2.05, 4.69) is 0 Å². The number of hydrogen-bond acceptors (Lipinski definition) is 2. The van der Waals surface area contributed by atoms with Crippen molar-refractivity contribution in [3.8, 4) is 0 Å². The lowest BCUT2D eigenvalue weighted by Crippen LogP contribution is -1.99. The molecule has 0 spiro atoms. The monoisotopic (exact) mass is 192 g/mol. The molecule has 1 N–H and O–H groups in total. The van der Waals surface area contributed by atoms with Gasteiger partial charge in [0.15, 0.2) is 0 Å². The molecule has 0 aromatic heterocycles. The van der Waals surface area contributed by atoms with Gasteiger partial charge in [0.2, 0.25) is 0 Å². The molecule has 0 atom stereocenters. The minimum Gasteiger partial charge on any atom is -0.478 e. The molecule has 1 aromatic rings. The number of carboxylic acid groups (broad SMARTS) is 1. The van der Waals surface area contributed by atoms with Crippen LogP contribution in [-0.4, -0.2) is 17.4 Å². The Bertz CT molecular complexity index is 356. The smallest absolute Gasteiger partial charge is 0.335 e. The summed E-state index contributed by atoms with van der Waals surface area (Å²) in [7, 11) is 0. The maximum Gasteiger partial charge on any atom is 0.335 e. The Hall–Kier alpha value is -1.64. The van der Waals surface area contributed by atoms with Gasteiger partial charge in [-0.05, 0) is 36.6 Å². The van der Waals surface area contributed by atoms with Gasteiger partial charge in [-0.3, -0.25) is 0 Å². The second kappa shape index (κ2) is 4.56. The van der Waals surface area contributed by atoms with E-state index in [1.165, 1.54) is 0 Å². The van der Waals surface area contributed by atoms with Crippen molar-refractivity contribution in [2.24, 2.45) is 0 Å². The predicted octanol–water partition coefficient (Wildman–Crippen LogP) is 1.82. The second-order valence-corrected chi connectivity index (χ2v) is 3.15. The van der Waals surface area contributed by atoms with Crippen LogP contribution >= 0.6 is 0 Å². The number of aldehydes is 1. The summed E-state index contributed by atoms with van der Waals surface area (Å²) in [4.78, 5) is 20.9. The Morgan fingerprint density at radius 2 is 2.21 bits per heavy atom. The van der Waals surface area contributed by atoms with E-state index in [0.29, 0.717) is 12.8 Å². The molecule has 0 radical (unpaired) electrons. The van der Waals surface area contributed by atoms with Crippen LogP contribution in [0.2, 0.25) is 0 Å². The summed E-state index contributed by atoms with van der Waals surface area (Å²) in [5.41, 5.74) is 2.23. The zero-order valence-corrected chi connectivity index (χ0v) is 7.99. The highest BCUT2D eigenvalue weighted by atomic mass is 16.4. The van der Waals surface area contributed by atoms with Gasteiger partial charge in [-0.25, -0.2) is 4.79 Å². The number of carbonyl (C=O) groups is 2. The van der Waals surface area contributed by atoms with E-state index in [9.17, 15) is 9.59 Å². The first-order valence-corrected chi connectivity index (χ1v) is 4.41. The van der Waals surface area contributed by atoms with E-state index in [-0.39, 0.29) is 5.56 Å². The topological polar surface area (TPSA) is 54.4 Å². The lowest BCUT2D eigenvalue weighted by Gasteiger charge is -2.04. The molecule has 0 aliphatic rings. The molecule has 1 aromatic carbocycles. The molecule has 0 saturated heterocycles. The first kappa shape index (κ1) is 10.4. The van der Waals surface area contributed by atoms with Gasteiger partial charge in [-0.15, -0.1) is 0 Å². The Morgan fingerprint density at radius 1 is 1.50 bits per heavy atom. The number of rotatable bonds is 4. The fraction of sp³-hybridized carbons (Fsp3) is 0.273. The fourth-order valence-electron chi connectivity index (χ4n) is 1.29. The van der Waals surface area contributed by atoms with Crippen LogP contribution in [0.5, 0.6) is 0 Å². The van der Waals surface area contributed by atoms with Crippen molar-refractivity contribution in [2.75, 3.05) is 0 Å². The molecule has 0 bridgehead atoms. The number of aromatic carboxylic acids is 1. The summed E-state index contributed by atoms with van der Waals surface area (Å²) < 4.78 is 0. The standard InChI is InChI=1S/C11H12O3/c1-8-4-5-10(11(13)14)7-9(8)3-2-6-12/h4-7H,2-3H2,1H3,(H,13,14). The van der Waals surface area contributed by atoms with Gasteiger partial charge < -0.3 is 9.90 Å². The highest BCUT2D eigenvalue weighted by molar-refractivity contribution is 5.87. The number of benzene rings is 1. The zero-order chi connectivity index (χ0) is 10.6. The molecule has 0 aliphatic heterocycles. The first-order valence-electron chi connectivity index (χ1n) is 4.41. The van der Waals surface area contributed by atoms with E-state index in [0.717, 1.165) is 17.4 Å².